The van der Waals surface area contributed by atoms with Gasteiger partial charge < -0.3 is 10.6 Å². The normalized spacial score (nSPS) is 12.3. The van der Waals surface area contributed by atoms with Gasteiger partial charge in [0.1, 0.15) is 0 Å². The topological polar surface area (TPSA) is 41.1 Å². The van der Waals surface area contributed by atoms with Crippen molar-refractivity contribution in [1.29, 1.82) is 0 Å². The molecule has 0 fully saturated rings. The van der Waals surface area contributed by atoms with Crippen LogP contribution in [0.4, 0.5) is 5.69 Å². The van der Waals surface area contributed by atoms with Gasteiger partial charge in [-0.1, -0.05) is 19.1 Å². The molecule has 1 unspecified atom stereocenters. The third-order valence-corrected chi connectivity index (χ3v) is 3.58. The van der Waals surface area contributed by atoms with Gasteiger partial charge in [0.2, 0.25) is 0 Å². The summed E-state index contributed by atoms with van der Waals surface area (Å²) in [4.78, 5) is 12.2. The van der Waals surface area contributed by atoms with Crippen LogP contribution in [-0.2, 0) is 0 Å². The largest absolute Gasteiger partial charge is 0.382 e. The molecular weight excluding hydrogens is 256 g/mol. The lowest BCUT2D eigenvalue weighted by atomic mass is 10.1. The van der Waals surface area contributed by atoms with Gasteiger partial charge in [-0.3, -0.25) is 4.79 Å². The Balaban J connectivity index is 2.66. The lowest BCUT2D eigenvalue weighted by Crippen LogP contribution is -2.30. The number of hydrogen-bond donors (Lipinski definition) is 2. The molecule has 0 spiro atoms. The molecule has 1 atom stereocenters. The first-order chi connectivity index (χ1) is 9.04. The highest BCUT2D eigenvalue weighted by Crippen LogP contribution is 2.16. The van der Waals surface area contributed by atoms with Crippen molar-refractivity contribution >= 4 is 23.4 Å². The Labute approximate surface area is 120 Å². The standard InChI is InChI=1S/C15H24N2OS/c1-11(2)17-14-8-6-5-7-13(14)15(18)16-9-12(3)10-19-4/h5-8,11-12,17H,9-10H2,1-4H3,(H,16,18). The number of anilines is 1. The van der Waals surface area contributed by atoms with Gasteiger partial charge in [-0.05, 0) is 43.9 Å². The second-order valence-corrected chi connectivity index (χ2v) is 6.03. The van der Waals surface area contributed by atoms with Gasteiger partial charge in [-0.15, -0.1) is 0 Å². The van der Waals surface area contributed by atoms with E-state index < -0.39 is 0 Å². The van der Waals surface area contributed by atoms with Crippen LogP contribution in [0.2, 0.25) is 0 Å². The van der Waals surface area contributed by atoms with Crippen LogP contribution in [0.5, 0.6) is 0 Å². The Hall–Kier alpha value is -1.16. The summed E-state index contributed by atoms with van der Waals surface area (Å²) in [5.41, 5.74) is 1.61. The van der Waals surface area contributed by atoms with Gasteiger partial charge in [0.15, 0.2) is 0 Å². The van der Waals surface area contributed by atoms with Gasteiger partial charge in [0.05, 0.1) is 5.56 Å². The van der Waals surface area contributed by atoms with Crippen molar-refractivity contribution in [3.05, 3.63) is 29.8 Å². The quantitative estimate of drug-likeness (QED) is 0.805. The number of carbonyl (C=O) groups is 1. The molecule has 0 aliphatic carbocycles. The summed E-state index contributed by atoms with van der Waals surface area (Å²) in [6.07, 6.45) is 2.08. The van der Waals surface area contributed by atoms with E-state index in [4.69, 9.17) is 0 Å². The number of amides is 1. The molecular formula is C15H24N2OS. The molecule has 1 aromatic rings. The molecule has 106 valence electrons. The average Bonchev–Trinajstić information content (AvgIpc) is 2.36. The van der Waals surface area contributed by atoms with E-state index in [0.717, 1.165) is 18.0 Å². The van der Waals surface area contributed by atoms with Gasteiger partial charge in [0, 0.05) is 18.3 Å². The van der Waals surface area contributed by atoms with E-state index in [1.807, 2.05) is 24.3 Å². The third-order valence-electron chi connectivity index (χ3n) is 2.68. The summed E-state index contributed by atoms with van der Waals surface area (Å²) in [5, 5.41) is 6.31. The fourth-order valence-electron chi connectivity index (χ4n) is 1.82. The Morgan fingerprint density at radius 3 is 2.58 bits per heavy atom. The van der Waals surface area contributed by atoms with Crippen molar-refractivity contribution in [3.63, 3.8) is 0 Å². The molecule has 0 bridgehead atoms. The van der Waals surface area contributed by atoms with Gasteiger partial charge >= 0.3 is 0 Å². The fraction of sp³-hybridized carbons (Fsp3) is 0.533. The first-order valence-corrected chi connectivity index (χ1v) is 8.06. The van der Waals surface area contributed by atoms with E-state index >= 15 is 0 Å². The van der Waals surface area contributed by atoms with Crippen LogP contribution >= 0.6 is 11.8 Å². The van der Waals surface area contributed by atoms with Crippen molar-refractivity contribution in [2.45, 2.75) is 26.8 Å². The van der Waals surface area contributed by atoms with Crippen LogP contribution in [0.15, 0.2) is 24.3 Å². The monoisotopic (exact) mass is 280 g/mol. The molecule has 4 heteroatoms. The van der Waals surface area contributed by atoms with Crippen LogP contribution in [-0.4, -0.2) is 30.5 Å². The third kappa shape index (κ3) is 5.55. The van der Waals surface area contributed by atoms with Crippen LogP contribution in [0.25, 0.3) is 0 Å². The number of para-hydroxylation sites is 1. The Kier molecular flexibility index (Phi) is 6.78. The van der Waals surface area contributed by atoms with Crippen molar-refractivity contribution in [2.24, 2.45) is 5.92 Å². The lowest BCUT2D eigenvalue weighted by molar-refractivity contribution is 0.0950. The first-order valence-electron chi connectivity index (χ1n) is 6.67. The molecule has 0 aliphatic rings. The van der Waals surface area contributed by atoms with Crippen LogP contribution in [0, 0.1) is 5.92 Å². The predicted octanol–water partition coefficient (Wildman–Crippen LogP) is 3.24. The molecule has 3 nitrogen and oxygen atoms in total. The number of thioether (sulfide) groups is 1. The summed E-state index contributed by atoms with van der Waals surface area (Å²) in [6.45, 7) is 7.00. The number of rotatable bonds is 7. The maximum atomic E-state index is 12.2. The van der Waals surface area contributed by atoms with E-state index in [-0.39, 0.29) is 5.91 Å². The Morgan fingerprint density at radius 1 is 1.26 bits per heavy atom. The molecule has 0 heterocycles. The second kappa shape index (κ2) is 8.10. The van der Waals surface area contributed by atoms with Gasteiger partial charge in [-0.25, -0.2) is 0 Å². The Bertz CT molecular complexity index is 407. The zero-order valence-electron chi connectivity index (χ0n) is 12.2. The Morgan fingerprint density at radius 2 is 1.95 bits per heavy atom. The zero-order valence-corrected chi connectivity index (χ0v) is 13.0. The van der Waals surface area contributed by atoms with Crippen molar-refractivity contribution < 1.29 is 4.79 Å². The van der Waals surface area contributed by atoms with Crippen LogP contribution in [0.1, 0.15) is 31.1 Å². The molecule has 1 rings (SSSR count). The van der Waals surface area contributed by atoms with E-state index in [0.29, 0.717) is 17.5 Å². The highest BCUT2D eigenvalue weighted by atomic mass is 32.2. The lowest BCUT2D eigenvalue weighted by Gasteiger charge is -2.16. The van der Waals surface area contributed by atoms with Crippen molar-refractivity contribution in [1.82, 2.24) is 5.32 Å². The maximum Gasteiger partial charge on any atom is 0.253 e. The zero-order chi connectivity index (χ0) is 14.3. The van der Waals surface area contributed by atoms with Crippen molar-refractivity contribution in [2.75, 3.05) is 23.9 Å². The average molecular weight is 280 g/mol. The molecule has 0 saturated heterocycles. The molecule has 2 N–H and O–H groups in total. The summed E-state index contributed by atoms with van der Waals surface area (Å²) in [6, 6.07) is 7.95. The molecule has 1 aromatic carbocycles. The maximum absolute atomic E-state index is 12.2. The molecule has 19 heavy (non-hydrogen) atoms. The highest BCUT2D eigenvalue weighted by molar-refractivity contribution is 7.98. The van der Waals surface area contributed by atoms with E-state index in [9.17, 15) is 4.79 Å². The van der Waals surface area contributed by atoms with Gasteiger partial charge in [-0.2, -0.15) is 11.8 Å². The fourth-order valence-corrected chi connectivity index (χ4v) is 2.51. The highest BCUT2D eigenvalue weighted by Gasteiger charge is 2.12. The van der Waals surface area contributed by atoms with Crippen molar-refractivity contribution in [3.8, 4) is 0 Å². The van der Waals surface area contributed by atoms with Crippen LogP contribution < -0.4 is 10.6 Å². The second-order valence-electron chi connectivity index (χ2n) is 5.12. The smallest absolute Gasteiger partial charge is 0.253 e. The SMILES string of the molecule is CSCC(C)CNC(=O)c1ccccc1NC(C)C. The number of nitrogens with one attached hydrogen (secondary N) is 2. The molecule has 1 amide bonds. The molecule has 0 aromatic heterocycles. The molecule has 0 aliphatic heterocycles. The van der Waals surface area contributed by atoms with Gasteiger partial charge in [0.25, 0.3) is 5.91 Å². The number of carbonyl (C=O) groups excluding carboxylic acids is 1. The first kappa shape index (κ1) is 15.9. The minimum Gasteiger partial charge on any atom is -0.382 e. The van der Waals surface area contributed by atoms with E-state index in [2.05, 4.69) is 37.7 Å². The van der Waals surface area contributed by atoms with E-state index in [1.165, 1.54) is 0 Å². The molecule has 0 radical (unpaired) electrons. The summed E-state index contributed by atoms with van der Waals surface area (Å²) >= 11 is 1.81. The van der Waals surface area contributed by atoms with E-state index in [1.54, 1.807) is 11.8 Å². The predicted molar refractivity (Wildman–Crippen MR) is 85.1 cm³/mol. The minimum atomic E-state index is -0.00305. The number of hydrogen-bond acceptors (Lipinski definition) is 3. The summed E-state index contributed by atoms with van der Waals surface area (Å²) < 4.78 is 0. The summed E-state index contributed by atoms with van der Waals surface area (Å²) in [7, 11) is 0. The minimum absolute atomic E-state index is 0.00305. The summed E-state index contributed by atoms with van der Waals surface area (Å²) in [5.74, 6) is 1.55. The number of benzene rings is 1. The van der Waals surface area contributed by atoms with Crippen LogP contribution in [0.3, 0.4) is 0 Å². The molecule has 0 saturated carbocycles.